The number of rotatable bonds is 1. The lowest BCUT2D eigenvalue weighted by atomic mass is 9.86. The van der Waals surface area contributed by atoms with Crippen molar-refractivity contribution in [1.82, 2.24) is 4.90 Å². The molecular formula is C9H17NO2. The largest absolute Gasteiger partial charge is 0.392 e. The van der Waals surface area contributed by atoms with Crippen molar-refractivity contribution in [2.24, 2.45) is 0 Å². The summed E-state index contributed by atoms with van der Waals surface area (Å²) in [6, 6.07) is 0.347. The van der Waals surface area contributed by atoms with Crippen molar-refractivity contribution in [3.8, 4) is 0 Å². The van der Waals surface area contributed by atoms with Crippen LogP contribution in [0, 0.1) is 0 Å². The molecule has 2 rings (SSSR count). The van der Waals surface area contributed by atoms with Gasteiger partial charge in [0, 0.05) is 12.6 Å². The summed E-state index contributed by atoms with van der Waals surface area (Å²) in [7, 11) is 0. The van der Waals surface area contributed by atoms with Crippen molar-refractivity contribution in [2.75, 3.05) is 13.1 Å². The Labute approximate surface area is 73.0 Å². The predicted octanol–water partition coefficient (Wildman–Crippen LogP) is -0.0336. The Morgan fingerprint density at radius 2 is 1.92 bits per heavy atom. The van der Waals surface area contributed by atoms with Gasteiger partial charge >= 0.3 is 0 Å². The van der Waals surface area contributed by atoms with E-state index in [4.69, 9.17) is 0 Å². The van der Waals surface area contributed by atoms with Crippen LogP contribution < -0.4 is 0 Å². The monoisotopic (exact) mass is 171 g/mol. The third-order valence-electron chi connectivity index (χ3n) is 3.10. The van der Waals surface area contributed by atoms with Crippen LogP contribution >= 0.6 is 0 Å². The Bertz CT molecular complexity index is 163. The maximum Gasteiger partial charge on any atom is 0.0696 e. The molecule has 1 aliphatic heterocycles. The quantitative estimate of drug-likeness (QED) is 0.582. The van der Waals surface area contributed by atoms with Crippen LogP contribution in [-0.2, 0) is 0 Å². The Morgan fingerprint density at radius 3 is 2.42 bits per heavy atom. The maximum atomic E-state index is 9.42. The lowest BCUT2D eigenvalue weighted by Gasteiger charge is -2.44. The SMILES string of the molecule is OC1CCCN(C2CCC2O)C1. The van der Waals surface area contributed by atoms with Gasteiger partial charge < -0.3 is 10.2 Å². The molecule has 1 saturated carbocycles. The number of aliphatic hydroxyl groups excluding tert-OH is 2. The summed E-state index contributed by atoms with van der Waals surface area (Å²) in [6.45, 7) is 1.82. The molecule has 1 saturated heterocycles. The first kappa shape index (κ1) is 8.48. The lowest BCUT2D eigenvalue weighted by Crippen LogP contribution is -2.54. The van der Waals surface area contributed by atoms with Crippen molar-refractivity contribution >= 4 is 0 Å². The van der Waals surface area contributed by atoms with Gasteiger partial charge in [-0.25, -0.2) is 0 Å². The lowest BCUT2D eigenvalue weighted by molar-refractivity contribution is -0.0513. The number of hydrogen-bond donors (Lipinski definition) is 2. The summed E-state index contributed by atoms with van der Waals surface area (Å²) in [5.41, 5.74) is 0. The van der Waals surface area contributed by atoms with Crippen molar-refractivity contribution in [3.63, 3.8) is 0 Å². The molecule has 0 spiro atoms. The molecule has 2 aliphatic rings. The third-order valence-corrected chi connectivity index (χ3v) is 3.10. The van der Waals surface area contributed by atoms with Crippen LogP contribution in [0.4, 0.5) is 0 Å². The van der Waals surface area contributed by atoms with Gasteiger partial charge in [-0.3, -0.25) is 4.90 Å². The highest BCUT2D eigenvalue weighted by Crippen LogP contribution is 2.27. The summed E-state index contributed by atoms with van der Waals surface area (Å²) in [4.78, 5) is 2.24. The molecule has 3 nitrogen and oxygen atoms in total. The molecule has 0 aromatic carbocycles. The standard InChI is InChI=1S/C9H17NO2/c11-7-2-1-5-10(6-7)8-3-4-9(8)12/h7-9,11-12H,1-6H2. The Hall–Kier alpha value is -0.120. The van der Waals surface area contributed by atoms with Gasteiger partial charge in [-0.2, -0.15) is 0 Å². The summed E-state index contributed by atoms with van der Waals surface area (Å²) < 4.78 is 0. The average molecular weight is 171 g/mol. The average Bonchev–Trinajstić information content (AvgIpc) is 2.02. The van der Waals surface area contributed by atoms with E-state index in [1.807, 2.05) is 0 Å². The van der Waals surface area contributed by atoms with Crippen molar-refractivity contribution < 1.29 is 10.2 Å². The minimum atomic E-state index is -0.161. The number of nitrogens with zero attached hydrogens (tertiary/aromatic N) is 1. The second kappa shape index (κ2) is 3.32. The first-order valence-corrected chi connectivity index (χ1v) is 4.87. The molecule has 0 bridgehead atoms. The highest BCUT2D eigenvalue weighted by Gasteiger charge is 2.35. The number of β-amino-alcohol motifs (C(OH)–C–C–N with tert-alkyl or cyclic N) is 1. The van der Waals surface area contributed by atoms with Crippen molar-refractivity contribution in [3.05, 3.63) is 0 Å². The summed E-state index contributed by atoms with van der Waals surface area (Å²) in [5.74, 6) is 0. The van der Waals surface area contributed by atoms with Gasteiger partial charge in [-0.15, -0.1) is 0 Å². The van der Waals surface area contributed by atoms with E-state index in [0.717, 1.165) is 38.8 Å². The molecular weight excluding hydrogens is 154 g/mol. The van der Waals surface area contributed by atoms with Gasteiger partial charge in [0.2, 0.25) is 0 Å². The minimum absolute atomic E-state index is 0.129. The molecule has 1 aliphatic carbocycles. The number of aliphatic hydroxyl groups is 2. The van der Waals surface area contributed by atoms with E-state index in [2.05, 4.69) is 4.90 Å². The van der Waals surface area contributed by atoms with E-state index in [1.54, 1.807) is 0 Å². The molecule has 0 aromatic rings. The van der Waals surface area contributed by atoms with E-state index in [0.29, 0.717) is 6.04 Å². The Balaban J connectivity index is 1.86. The van der Waals surface area contributed by atoms with E-state index >= 15 is 0 Å². The second-order valence-electron chi connectivity index (χ2n) is 4.00. The van der Waals surface area contributed by atoms with Crippen LogP contribution in [0.1, 0.15) is 25.7 Å². The molecule has 0 radical (unpaired) electrons. The van der Waals surface area contributed by atoms with Crippen LogP contribution in [0.3, 0.4) is 0 Å². The van der Waals surface area contributed by atoms with Crippen LogP contribution in [0.2, 0.25) is 0 Å². The third kappa shape index (κ3) is 1.49. The van der Waals surface area contributed by atoms with Crippen LogP contribution in [-0.4, -0.2) is 46.5 Å². The first-order chi connectivity index (χ1) is 5.77. The molecule has 3 unspecified atom stereocenters. The smallest absolute Gasteiger partial charge is 0.0696 e. The molecule has 3 heteroatoms. The fourth-order valence-corrected chi connectivity index (χ4v) is 2.18. The summed E-state index contributed by atoms with van der Waals surface area (Å²) >= 11 is 0. The number of hydrogen-bond acceptors (Lipinski definition) is 3. The molecule has 0 amide bonds. The van der Waals surface area contributed by atoms with Gasteiger partial charge in [-0.05, 0) is 32.2 Å². The molecule has 70 valence electrons. The zero-order valence-electron chi connectivity index (χ0n) is 7.32. The predicted molar refractivity (Wildman–Crippen MR) is 45.8 cm³/mol. The highest BCUT2D eigenvalue weighted by atomic mass is 16.3. The van der Waals surface area contributed by atoms with E-state index in [-0.39, 0.29) is 12.2 Å². The van der Waals surface area contributed by atoms with Gasteiger partial charge in [0.05, 0.1) is 12.2 Å². The zero-order chi connectivity index (χ0) is 8.55. The second-order valence-corrected chi connectivity index (χ2v) is 4.00. The summed E-state index contributed by atoms with van der Waals surface area (Å²) in [5, 5.41) is 18.8. The number of piperidine rings is 1. The Kier molecular flexibility index (Phi) is 2.35. The van der Waals surface area contributed by atoms with Crippen LogP contribution in [0.15, 0.2) is 0 Å². The fraction of sp³-hybridized carbons (Fsp3) is 1.00. The van der Waals surface area contributed by atoms with Gasteiger partial charge in [0.25, 0.3) is 0 Å². The molecule has 3 atom stereocenters. The molecule has 2 fully saturated rings. The zero-order valence-corrected chi connectivity index (χ0v) is 7.32. The van der Waals surface area contributed by atoms with Gasteiger partial charge in [0.15, 0.2) is 0 Å². The minimum Gasteiger partial charge on any atom is -0.392 e. The van der Waals surface area contributed by atoms with E-state index in [9.17, 15) is 10.2 Å². The fourth-order valence-electron chi connectivity index (χ4n) is 2.18. The van der Waals surface area contributed by atoms with Crippen LogP contribution in [0.5, 0.6) is 0 Å². The maximum absolute atomic E-state index is 9.42. The molecule has 12 heavy (non-hydrogen) atoms. The van der Waals surface area contributed by atoms with Crippen molar-refractivity contribution in [1.29, 1.82) is 0 Å². The van der Waals surface area contributed by atoms with E-state index < -0.39 is 0 Å². The highest BCUT2D eigenvalue weighted by molar-refractivity contribution is 4.90. The number of likely N-dealkylation sites (tertiary alicyclic amines) is 1. The molecule has 1 heterocycles. The van der Waals surface area contributed by atoms with Gasteiger partial charge in [-0.1, -0.05) is 0 Å². The first-order valence-electron chi connectivity index (χ1n) is 4.87. The summed E-state index contributed by atoms with van der Waals surface area (Å²) in [6.07, 6.45) is 3.76. The van der Waals surface area contributed by atoms with Crippen molar-refractivity contribution in [2.45, 2.75) is 43.9 Å². The Morgan fingerprint density at radius 1 is 1.08 bits per heavy atom. The van der Waals surface area contributed by atoms with Crippen LogP contribution in [0.25, 0.3) is 0 Å². The molecule has 0 aromatic heterocycles. The normalized spacial score (nSPS) is 44.0. The van der Waals surface area contributed by atoms with Gasteiger partial charge in [0.1, 0.15) is 0 Å². The van der Waals surface area contributed by atoms with E-state index in [1.165, 1.54) is 0 Å². The topological polar surface area (TPSA) is 43.7 Å². The molecule has 2 N–H and O–H groups in total.